The number of hydrogen-bond acceptors (Lipinski definition) is 3. The van der Waals surface area contributed by atoms with Crippen LogP contribution in [0.25, 0.3) is 10.8 Å². The summed E-state index contributed by atoms with van der Waals surface area (Å²) in [5, 5.41) is 1.40. The highest BCUT2D eigenvalue weighted by molar-refractivity contribution is 6.62. The fourth-order valence-electron chi connectivity index (χ4n) is 4.70. The van der Waals surface area contributed by atoms with Crippen molar-refractivity contribution in [2.75, 3.05) is 0 Å². The Bertz CT molecular complexity index is 1000. The number of nitrogens with zero attached hydrogens (tertiary/aromatic N) is 1. The quantitative estimate of drug-likeness (QED) is 0.741. The number of fused-ring (bicyclic) bond motifs is 2. The van der Waals surface area contributed by atoms with E-state index in [-0.39, 0.29) is 11.6 Å². The van der Waals surface area contributed by atoms with Crippen LogP contribution in [0.4, 0.5) is 8.78 Å². The molecule has 148 valence electrons. The molecule has 4 nitrogen and oxygen atoms in total. The Kier molecular flexibility index (Phi) is 3.56. The lowest BCUT2D eigenvalue weighted by Gasteiger charge is -2.32. The van der Waals surface area contributed by atoms with Crippen LogP contribution in [0.3, 0.4) is 0 Å². The average molecular weight is 387 g/mol. The molecule has 1 aromatic carbocycles. The van der Waals surface area contributed by atoms with Gasteiger partial charge in [0.1, 0.15) is 0 Å². The van der Waals surface area contributed by atoms with Gasteiger partial charge >= 0.3 is 7.12 Å². The molecule has 1 saturated heterocycles. The maximum absolute atomic E-state index is 13.5. The Morgan fingerprint density at radius 1 is 1.04 bits per heavy atom. The second kappa shape index (κ2) is 5.45. The number of pyridine rings is 1. The molecule has 5 rings (SSSR count). The Morgan fingerprint density at radius 3 is 2.25 bits per heavy atom. The Hall–Kier alpha value is -1.73. The van der Waals surface area contributed by atoms with Gasteiger partial charge in [0.2, 0.25) is 0 Å². The van der Waals surface area contributed by atoms with E-state index in [9.17, 15) is 13.6 Å². The van der Waals surface area contributed by atoms with Crippen molar-refractivity contribution >= 4 is 23.4 Å². The molecule has 28 heavy (non-hydrogen) atoms. The molecule has 0 spiro atoms. The third kappa shape index (κ3) is 2.45. The Morgan fingerprint density at radius 2 is 1.64 bits per heavy atom. The minimum absolute atomic E-state index is 0.134. The normalized spacial score (nSPS) is 31.9. The summed E-state index contributed by atoms with van der Waals surface area (Å²) in [4.78, 5) is 13.1. The van der Waals surface area contributed by atoms with E-state index in [1.807, 2.05) is 52.0 Å². The van der Waals surface area contributed by atoms with E-state index in [0.717, 1.165) is 10.8 Å². The maximum atomic E-state index is 13.5. The molecule has 0 N–H and O–H groups in total. The van der Waals surface area contributed by atoms with E-state index >= 15 is 0 Å². The van der Waals surface area contributed by atoms with Gasteiger partial charge in [0.15, 0.2) is 0 Å². The number of aromatic nitrogens is 1. The minimum Gasteiger partial charge on any atom is -0.399 e. The highest BCUT2D eigenvalue weighted by Gasteiger charge is 2.71. The van der Waals surface area contributed by atoms with Gasteiger partial charge in [0.25, 0.3) is 11.5 Å². The van der Waals surface area contributed by atoms with Crippen LogP contribution < -0.4 is 11.0 Å². The second-order valence-electron chi connectivity index (χ2n) is 9.48. The molecular formula is C21H24BF2NO3. The SMILES string of the molecule is CC1(C)OB(c2ccc3ccn(C4CC5C(C4)C5(F)F)c(=O)c3c2)OC1(C)C. The summed E-state index contributed by atoms with van der Waals surface area (Å²) >= 11 is 0. The Balaban J connectivity index is 1.49. The van der Waals surface area contributed by atoms with Crippen molar-refractivity contribution in [1.29, 1.82) is 0 Å². The number of halogens is 2. The van der Waals surface area contributed by atoms with E-state index < -0.39 is 36.1 Å². The average Bonchev–Trinajstić information content (AvgIpc) is 2.93. The van der Waals surface area contributed by atoms with Crippen molar-refractivity contribution in [3.8, 4) is 0 Å². The van der Waals surface area contributed by atoms with Crippen LogP contribution in [0.2, 0.25) is 0 Å². The van der Waals surface area contributed by atoms with Gasteiger partial charge in [-0.3, -0.25) is 4.79 Å². The van der Waals surface area contributed by atoms with Crippen LogP contribution in [0.1, 0.15) is 46.6 Å². The van der Waals surface area contributed by atoms with Gasteiger partial charge in [-0.25, -0.2) is 8.78 Å². The largest absolute Gasteiger partial charge is 0.494 e. The minimum atomic E-state index is -2.53. The molecule has 3 aliphatic rings. The zero-order chi connectivity index (χ0) is 20.1. The fourth-order valence-corrected chi connectivity index (χ4v) is 4.70. The highest BCUT2D eigenvalue weighted by Crippen LogP contribution is 2.66. The second-order valence-corrected chi connectivity index (χ2v) is 9.48. The molecule has 3 fully saturated rings. The lowest BCUT2D eigenvalue weighted by molar-refractivity contribution is 0.00578. The third-order valence-electron chi connectivity index (χ3n) is 7.29. The molecule has 2 aromatic rings. The summed E-state index contributed by atoms with van der Waals surface area (Å²) in [5.74, 6) is -3.65. The van der Waals surface area contributed by atoms with Crippen molar-refractivity contribution in [2.24, 2.45) is 11.8 Å². The van der Waals surface area contributed by atoms with Gasteiger partial charge in [0, 0.05) is 29.5 Å². The molecule has 2 atom stereocenters. The van der Waals surface area contributed by atoms with Crippen molar-refractivity contribution in [1.82, 2.24) is 4.57 Å². The van der Waals surface area contributed by atoms with Gasteiger partial charge in [-0.05, 0) is 63.5 Å². The smallest absolute Gasteiger partial charge is 0.399 e. The van der Waals surface area contributed by atoms with E-state index in [0.29, 0.717) is 18.2 Å². The summed E-state index contributed by atoms with van der Waals surface area (Å²) < 4.78 is 40.9. The fraction of sp³-hybridized carbons (Fsp3) is 0.571. The lowest BCUT2D eigenvalue weighted by atomic mass is 9.78. The van der Waals surface area contributed by atoms with Gasteiger partial charge in [0.05, 0.1) is 11.2 Å². The van der Waals surface area contributed by atoms with Gasteiger partial charge in [-0.15, -0.1) is 0 Å². The van der Waals surface area contributed by atoms with E-state index in [1.54, 1.807) is 10.8 Å². The van der Waals surface area contributed by atoms with Crippen LogP contribution in [-0.2, 0) is 9.31 Å². The number of rotatable bonds is 2. The zero-order valence-electron chi connectivity index (χ0n) is 16.5. The molecule has 2 heterocycles. The molecule has 2 saturated carbocycles. The molecule has 0 bridgehead atoms. The first-order valence-corrected chi connectivity index (χ1v) is 9.89. The maximum Gasteiger partial charge on any atom is 0.494 e. The molecular weight excluding hydrogens is 363 g/mol. The molecule has 0 radical (unpaired) electrons. The zero-order valence-corrected chi connectivity index (χ0v) is 16.5. The third-order valence-corrected chi connectivity index (χ3v) is 7.29. The van der Waals surface area contributed by atoms with Crippen LogP contribution in [-0.4, -0.2) is 28.8 Å². The highest BCUT2D eigenvalue weighted by atomic mass is 19.3. The first kappa shape index (κ1) is 18.3. The van der Waals surface area contributed by atoms with Gasteiger partial charge < -0.3 is 13.9 Å². The summed E-state index contributed by atoms with van der Waals surface area (Å²) in [7, 11) is -0.541. The van der Waals surface area contributed by atoms with E-state index in [2.05, 4.69) is 0 Å². The molecule has 7 heteroatoms. The first-order chi connectivity index (χ1) is 13.0. The molecule has 0 amide bonds. The monoisotopic (exact) mass is 387 g/mol. The number of benzene rings is 1. The predicted octanol–water partition coefficient (Wildman–Crippen LogP) is 3.52. The van der Waals surface area contributed by atoms with Crippen LogP contribution in [0, 0.1) is 11.8 Å². The number of hydrogen-bond donors (Lipinski definition) is 0. The van der Waals surface area contributed by atoms with Gasteiger partial charge in [-0.1, -0.05) is 12.1 Å². The predicted molar refractivity (Wildman–Crippen MR) is 104 cm³/mol. The molecule has 1 aliphatic heterocycles. The van der Waals surface area contributed by atoms with Crippen LogP contribution >= 0.6 is 0 Å². The Labute approximate surface area is 163 Å². The summed E-state index contributed by atoms with van der Waals surface area (Å²) in [6.45, 7) is 7.95. The molecule has 2 unspecified atom stereocenters. The topological polar surface area (TPSA) is 40.5 Å². The van der Waals surface area contributed by atoms with Crippen LogP contribution in [0.5, 0.6) is 0 Å². The molecule has 1 aromatic heterocycles. The van der Waals surface area contributed by atoms with Crippen molar-refractivity contribution in [3.05, 3.63) is 40.8 Å². The van der Waals surface area contributed by atoms with Gasteiger partial charge in [-0.2, -0.15) is 0 Å². The lowest BCUT2D eigenvalue weighted by Crippen LogP contribution is -2.41. The summed E-state index contributed by atoms with van der Waals surface area (Å²) in [6, 6.07) is 7.36. The van der Waals surface area contributed by atoms with E-state index in [1.165, 1.54) is 0 Å². The number of alkyl halides is 2. The summed E-state index contributed by atoms with van der Waals surface area (Å²) in [6.07, 6.45) is 2.49. The van der Waals surface area contributed by atoms with Crippen molar-refractivity contribution in [3.63, 3.8) is 0 Å². The molecule has 2 aliphatic carbocycles. The van der Waals surface area contributed by atoms with Crippen molar-refractivity contribution in [2.45, 2.75) is 63.7 Å². The summed E-state index contributed by atoms with van der Waals surface area (Å²) in [5.41, 5.74) is -0.258. The van der Waals surface area contributed by atoms with Crippen LogP contribution in [0.15, 0.2) is 35.3 Å². The first-order valence-electron chi connectivity index (χ1n) is 9.89. The standard InChI is InChI=1S/C21H24BF2NO3/c1-19(2)20(3,4)28-22(27-19)13-6-5-12-7-8-25(18(26)15(12)9-13)14-10-16-17(11-14)21(16,23)24/h5-9,14,16-17H,10-11H2,1-4H3. The van der Waals surface area contributed by atoms with Crippen molar-refractivity contribution < 1.29 is 18.1 Å². The van der Waals surface area contributed by atoms with E-state index in [4.69, 9.17) is 9.31 Å².